The normalized spacial score (nSPS) is 10.6. The van der Waals surface area contributed by atoms with Gasteiger partial charge in [-0.15, -0.1) is 0 Å². The number of nitrogens with two attached hydrogens (primary N) is 1. The molecule has 0 saturated heterocycles. The van der Waals surface area contributed by atoms with Crippen molar-refractivity contribution in [3.05, 3.63) is 30.7 Å². The Hall–Kier alpha value is -1.78. The van der Waals surface area contributed by atoms with Gasteiger partial charge in [0.15, 0.2) is 0 Å². The Kier molecular flexibility index (Phi) is 2.22. The minimum atomic E-state index is 0.562. The van der Waals surface area contributed by atoms with Crippen molar-refractivity contribution in [1.82, 2.24) is 19.1 Å². The molecule has 0 spiro atoms. The van der Waals surface area contributed by atoms with E-state index in [0.717, 1.165) is 18.9 Å². The topological polar surface area (TPSA) is 61.7 Å². The van der Waals surface area contributed by atoms with Crippen LogP contribution in [0.2, 0.25) is 0 Å². The van der Waals surface area contributed by atoms with E-state index in [1.807, 2.05) is 23.9 Å². The number of rotatable bonds is 3. The van der Waals surface area contributed by atoms with Gasteiger partial charge < -0.3 is 14.9 Å². The van der Waals surface area contributed by atoms with Crippen molar-refractivity contribution >= 4 is 5.82 Å². The van der Waals surface area contributed by atoms with Crippen molar-refractivity contribution in [2.75, 3.05) is 5.73 Å². The Labute approximate surface area is 82.2 Å². The van der Waals surface area contributed by atoms with Crippen molar-refractivity contribution in [3.63, 3.8) is 0 Å². The van der Waals surface area contributed by atoms with Gasteiger partial charge >= 0.3 is 0 Å². The third-order valence-electron chi connectivity index (χ3n) is 2.18. The zero-order chi connectivity index (χ0) is 9.97. The average molecular weight is 191 g/mol. The van der Waals surface area contributed by atoms with Crippen LogP contribution in [-0.2, 0) is 13.1 Å². The molecule has 0 aromatic carbocycles. The van der Waals surface area contributed by atoms with Gasteiger partial charge in [-0.1, -0.05) is 0 Å². The Morgan fingerprint density at radius 1 is 1.36 bits per heavy atom. The third kappa shape index (κ3) is 1.76. The molecule has 2 heterocycles. The number of anilines is 1. The fourth-order valence-electron chi connectivity index (χ4n) is 1.36. The fraction of sp³-hybridized carbons (Fsp3) is 0.333. The molecule has 5 heteroatoms. The molecule has 0 saturated carbocycles. The van der Waals surface area contributed by atoms with Crippen LogP contribution in [0.25, 0.3) is 0 Å². The van der Waals surface area contributed by atoms with E-state index in [4.69, 9.17) is 5.73 Å². The van der Waals surface area contributed by atoms with Crippen molar-refractivity contribution in [1.29, 1.82) is 0 Å². The van der Waals surface area contributed by atoms with Crippen LogP contribution in [0.4, 0.5) is 5.82 Å². The summed E-state index contributed by atoms with van der Waals surface area (Å²) in [6, 6.07) is 0. The summed E-state index contributed by atoms with van der Waals surface area (Å²) < 4.78 is 4.06. The highest BCUT2D eigenvalue weighted by Crippen LogP contribution is 1.99. The van der Waals surface area contributed by atoms with E-state index in [2.05, 4.69) is 14.5 Å². The molecule has 0 aliphatic carbocycles. The number of hydrogen-bond donors (Lipinski definition) is 1. The van der Waals surface area contributed by atoms with Gasteiger partial charge in [0.1, 0.15) is 11.6 Å². The SMILES string of the molecule is Cc1nccn1CCn1cnc(N)c1. The number of nitrogens with zero attached hydrogens (tertiary/aromatic N) is 4. The predicted octanol–water partition coefficient (Wildman–Crippen LogP) is 0.670. The van der Waals surface area contributed by atoms with Crippen LogP contribution in [0.5, 0.6) is 0 Å². The lowest BCUT2D eigenvalue weighted by molar-refractivity contribution is 0.568. The first-order valence-corrected chi connectivity index (χ1v) is 4.50. The van der Waals surface area contributed by atoms with Crippen LogP contribution < -0.4 is 5.73 Å². The smallest absolute Gasteiger partial charge is 0.141 e. The van der Waals surface area contributed by atoms with Gasteiger partial charge in [-0.05, 0) is 6.92 Å². The Morgan fingerprint density at radius 3 is 2.79 bits per heavy atom. The Morgan fingerprint density at radius 2 is 2.21 bits per heavy atom. The molecule has 2 aromatic heterocycles. The molecule has 0 radical (unpaired) electrons. The molecule has 2 rings (SSSR count). The molecule has 0 bridgehead atoms. The molecule has 74 valence electrons. The van der Waals surface area contributed by atoms with E-state index in [1.165, 1.54) is 0 Å². The summed E-state index contributed by atoms with van der Waals surface area (Å²) in [4.78, 5) is 8.10. The maximum Gasteiger partial charge on any atom is 0.141 e. The molecule has 0 aliphatic heterocycles. The molecule has 5 nitrogen and oxygen atoms in total. The van der Waals surface area contributed by atoms with Crippen LogP contribution in [0.15, 0.2) is 24.9 Å². The number of aromatic nitrogens is 4. The maximum atomic E-state index is 5.51. The molecule has 0 atom stereocenters. The molecular weight excluding hydrogens is 178 g/mol. The number of imidazole rings is 2. The zero-order valence-corrected chi connectivity index (χ0v) is 8.09. The predicted molar refractivity (Wildman–Crippen MR) is 53.6 cm³/mol. The lowest BCUT2D eigenvalue weighted by Crippen LogP contribution is -2.06. The third-order valence-corrected chi connectivity index (χ3v) is 2.18. The first kappa shape index (κ1) is 8.80. The Bertz CT molecular complexity index is 414. The first-order valence-electron chi connectivity index (χ1n) is 4.50. The minimum absolute atomic E-state index is 0.562. The number of aryl methyl sites for hydroxylation is 3. The van der Waals surface area contributed by atoms with Crippen molar-refractivity contribution < 1.29 is 0 Å². The molecule has 0 unspecified atom stereocenters. The zero-order valence-electron chi connectivity index (χ0n) is 8.09. The second-order valence-corrected chi connectivity index (χ2v) is 3.20. The van der Waals surface area contributed by atoms with Gasteiger partial charge in [-0.25, -0.2) is 9.97 Å². The van der Waals surface area contributed by atoms with Gasteiger partial charge in [-0.3, -0.25) is 0 Å². The van der Waals surface area contributed by atoms with E-state index in [9.17, 15) is 0 Å². The Balaban J connectivity index is 1.98. The highest BCUT2D eigenvalue weighted by atomic mass is 15.1. The molecule has 0 aliphatic rings. The number of hydrogen-bond acceptors (Lipinski definition) is 3. The van der Waals surface area contributed by atoms with Crippen molar-refractivity contribution in [3.8, 4) is 0 Å². The van der Waals surface area contributed by atoms with Gasteiger partial charge in [0, 0.05) is 31.7 Å². The summed E-state index contributed by atoms with van der Waals surface area (Å²) >= 11 is 0. The first-order chi connectivity index (χ1) is 6.75. The fourth-order valence-corrected chi connectivity index (χ4v) is 1.36. The van der Waals surface area contributed by atoms with Crippen LogP contribution in [0.3, 0.4) is 0 Å². The van der Waals surface area contributed by atoms with E-state index < -0.39 is 0 Å². The van der Waals surface area contributed by atoms with Crippen LogP contribution in [0.1, 0.15) is 5.82 Å². The van der Waals surface area contributed by atoms with E-state index in [1.54, 1.807) is 12.5 Å². The van der Waals surface area contributed by atoms with Gasteiger partial charge in [-0.2, -0.15) is 0 Å². The summed E-state index contributed by atoms with van der Waals surface area (Å²) in [5, 5.41) is 0. The lowest BCUT2D eigenvalue weighted by Gasteiger charge is -2.04. The van der Waals surface area contributed by atoms with Crippen LogP contribution in [0, 0.1) is 6.92 Å². The van der Waals surface area contributed by atoms with Crippen molar-refractivity contribution in [2.45, 2.75) is 20.0 Å². The maximum absolute atomic E-state index is 5.51. The molecule has 2 N–H and O–H groups in total. The average Bonchev–Trinajstić information content (AvgIpc) is 2.72. The standard InChI is InChI=1S/C9H13N5/c1-8-11-2-3-14(8)5-4-13-6-9(10)12-7-13/h2-3,6-7H,4-5,10H2,1H3. The quantitative estimate of drug-likeness (QED) is 0.775. The van der Waals surface area contributed by atoms with E-state index in [0.29, 0.717) is 5.82 Å². The summed E-state index contributed by atoms with van der Waals surface area (Å²) in [6.45, 7) is 3.74. The molecule has 2 aromatic rings. The molecule has 14 heavy (non-hydrogen) atoms. The second-order valence-electron chi connectivity index (χ2n) is 3.20. The van der Waals surface area contributed by atoms with Crippen LogP contribution in [-0.4, -0.2) is 19.1 Å². The second kappa shape index (κ2) is 3.53. The lowest BCUT2D eigenvalue weighted by atomic mass is 10.5. The molecule has 0 amide bonds. The summed E-state index contributed by atoms with van der Waals surface area (Å²) in [5.41, 5.74) is 5.51. The van der Waals surface area contributed by atoms with Gasteiger partial charge in [0.05, 0.1) is 6.33 Å². The molecule has 0 fully saturated rings. The number of nitrogen functional groups attached to an aromatic ring is 1. The monoisotopic (exact) mass is 191 g/mol. The highest BCUT2D eigenvalue weighted by Gasteiger charge is 1.97. The van der Waals surface area contributed by atoms with E-state index >= 15 is 0 Å². The summed E-state index contributed by atoms with van der Waals surface area (Å²) in [7, 11) is 0. The summed E-state index contributed by atoms with van der Waals surface area (Å²) in [6.07, 6.45) is 7.33. The minimum Gasteiger partial charge on any atom is -0.382 e. The van der Waals surface area contributed by atoms with Gasteiger partial charge in [0.25, 0.3) is 0 Å². The largest absolute Gasteiger partial charge is 0.382 e. The van der Waals surface area contributed by atoms with Gasteiger partial charge in [0.2, 0.25) is 0 Å². The van der Waals surface area contributed by atoms with Crippen molar-refractivity contribution in [2.24, 2.45) is 0 Å². The van der Waals surface area contributed by atoms with Crippen LogP contribution >= 0.6 is 0 Å². The summed E-state index contributed by atoms with van der Waals surface area (Å²) in [5.74, 6) is 1.59. The highest BCUT2D eigenvalue weighted by molar-refractivity contribution is 5.22. The molecular formula is C9H13N5. The van der Waals surface area contributed by atoms with E-state index in [-0.39, 0.29) is 0 Å².